The number of carbonyl (C=O) groups excluding carboxylic acids is 1. The summed E-state index contributed by atoms with van der Waals surface area (Å²) in [4.78, 5) is 13.0. The predicted molar refractivity (Wildman–Crippen MR) is 38.8 cm³/mol. The van der Waals surface area contributed by atoms with Crippen molar-refractivity contribution in [3.05, 3.63) is 23.0 Å². The fraction of sp³-hybridized carbons (Fsp3) is 0.375. The van der Waals surface area contributed by atoms with Crippen LogP contribution in [0, 0.1) is 0 Å². The minimum absolute atomic E-state index is 0.350. The summed E-state index contributed by atoms with van der Waals surface area (Å²) in [6, 6.07) is 0. The Bertz CT molecular complexity index is 431. The Morgan fingerprint density at radius 3 is 2.47 bits per heavy atom. The average molecular weight is 225 g/mol. The zero-order valence-corrected chi connectivity index (χ0v) is 7.08. The van der Waals surface area contributed by atoms with E-state index in [0.29, 0.717) is 6.20 Å². The zero-order chi connectivity index (χ0) is 11.4. The molecule has 0 unspecified atom stereocenters. The number of fused-ring (bicyclic) bond motifs is 1. The summed E-state index contributed by atoms with van der Waals surface area (Å²) in [6.45, 7) is 0. The Balaban J connectivity index is 2.57. The SMILES string of the molecule is O=C1c2c(C(F)(F)F)c[nH]c2CC1(F)F. The molecule has 0 bridgehead atoms. The van der Waals surface area contributed by atoms with Gasteiger partial charge in [-0.15, -0.1) is 0 Å². The summed E-state index contributed by atoms with van der Waals surface area (Å²) in [7, 11) is 0. The summed E-state index contributed by atoms with van der Waals surface area (Å²) >= 11 is 0. The van der Waals surface area contributed by atoms with E-state index in [-0.39, 0.29) is 5.69 Å². The monoisotopic (exact) mass is 225 g/mol. The molecule has 2 nitrogen and oxygen atoms in total. The Labute approximate surface area is 80.1 Å². The Hall–Kier alpha value is -1.40. The maximum absolute atomic E-state index is 12.8. The van der Waals surface area contributed by atoms with Gasteiger partial charge in [0, 0.05) is 11.9 Å². The number of Topliss-reactive ketones (excluding diaryl/α,β-unsaturated/α-hetero) is 1. The predicted octanol–water partition coefficient (Wildman–Crippen LogP) is 2.41. The Morgan fingerprint density at radius 2 is 1.93 bits per heavy atom. The van der Waals surface area contributed by atoms with E-state index in [2.05, 4.69) is 4.98 Å². The molecule has 0 radical (unpaired) electrons. The molecule has 0 fully saturated rings. The molecule has 15 heavy (non-hydrogen) atoms. The highest BCUT2D eigenvalue weighted by atomic mass is 19.4. The molecule has 2 rings (SSSR count). The topological polar surface area (TPSA) is 32.9 Å². The third kappa shape index (κ3) is 1.33. The number of H-pyrrole nitrogens is 1. The van der Waals surface area contributed by atoms with E-state index in [4.69, 9.17) is 0 Å². The highest BCUT2D eigenvalue weighted by Crippen LogP contribution is 2.41. The quantitative estimate of drug-likeness (QED) is 0.675. The van der Waals surface area contributed by atoms with Gasteiger partial charge in [0.2, 0.25) is 5.78 Å². The van der Waals surface area contributed by atoms with Crippen LogP contribution in [0.2, 0.25) is 0 Å². The first-order valence-electron chi connectivity index (χ1n) is 3.93. The fourth-order valence-corrected chi connectivity index (χ4v) is 1.57. The third-order valence-corrected chi connectivity index (χ3v) is 2.23. The van der Waals surface area contributed by atoms with Gasteiger partial charge in [0.1, 0.15) is 0 Å². The first-order chi connectivity index (χ1) is 6.73. The van der Waals surface area contributed by atoms with Gasteiger partial charge in [-0.05, 0) is 0 Å². The lowest BCUT2D eigenvalue weighted by molar-refractivity contribution is -0.137. The van der Waals surface area contributed by atoms with Crippen molar-refractivity contribution in [1.29, 1.82) is 0 Å². The van der Waals surface area contributed by atoms with Crippen molar-refractivity contribution in [1.82, 2.24) is 4.98 Å². The van der Waals surface area contributed by atoms with E-state index in [1.54, 1.807) is 0 Å². The van der Waals surface area contributed by atoms with Gasteiger partial charge in [-0.25, -0.2) is 0 Å². The van der Waals surface area contributed by atoms with Gasteiger partial charge in [-0.1, -0.05) is 0 Å². The number of hydrogen-bond acceptors (Lipinski definition) is 1. The highest BCUT2D eigenvalue weighted by Gasteiger charge is 2.52. The molecule has 7 heteroatoms. The van der Waals surface area contributed by atoms with Crippen LogP contribution in [-0.4, -0.2) is 16.7 Å². The van der Waals surface area contributed by atoms with E-state index < -0.39 is 35.4 Å². The molecule has 82 valence electrons. The minimum atomic E-state index is -4.79. The largest absolute Gasteiger partial charge is 0.418 e. The molecule has 1 aliphatic rings. The maximum atomic E-state index is 12.8. The van der Waals surface area contributed by atoms with Crippen molar-refractivity contribution < 1.29 is 26.7 Å². The number of halogens is 5. The Kier molecular flexibility index (Phi) is 1.75. The molecule has 1 aromatic heterocycles. The van der Waals surface area contributed by atoms with Crippen LogP contribution in [0.5, 0.6) is 0 Å². The molecular formula is C8H4F5NO. The second-order valence-electron chi connectivity index (χ2n) is 3.26. The number of carbonyl (C=O) groups is 1. The van der Waals surface area contributed by atoms with Gasteiger partial charge in [-0.3, -0.25) is 4.79 Å². The minimum Gasteiger partial charge on any atom is -0.364 e. The van der Waals surface area contributed by atoms with Crippen LogP contribution in [0.15, 0.2) is 6.20 Å². The third-order valence-electron chi connectivity index (χ3n) is 2.23. The molecule has 1 aliphatic carbocycles. The van der Waals surface area contributed by atoms with Crippen LogP contribution in [0.25, 0.3) is 0 Å². The first kappa shape index (κ1) is 10.1. The number of ketones is 1. The summed E-state index contributed by atoms with van der Waals surface area (Å²) in [5.41, 5.74) is -2.59. The van der Waals surface area contributed by atoms with Gasteiger partial charge in [0.05, 0.1) is 17.5 Å². The first-order valence-corrected chi connectivity index (χ1v) is 3.93. The Morgan fingerprint density at radius 1 is 1.33 bits per heavy atom. The van der Waals surface area contributed by atoms with Crippen LogP contribution in [0.1, 0.15) is 21.6 Å². The lowest BCUT2D eigenvalue weighted by atomic mass is 10.1. The van der Waals surface area contributed by atoms with Crippen molar-refractivity contribution in [2.24, 2.45) is 0 Å². The van der Waals surface area contributed by atoms with E-state index in [1.807, 2.05) is 0 Å². The summed E-state index contributed by atoms with van der Waals surface area (Å²) in [5, 5.41) is 0. The number of aromatic nitrogens is 1. The molecule has 0 amide bonds. The van der Waals surface area contributed by atoms with Crippen molar-refractivity contribution in [2.75, 3.05) is 0 Å². The second kappa shape index (κ2) is 2.59. The number of nitrogens with one attached hydrogen (secondary N) is 1. The van der Waals surface area contributed by atoms with Gasteiger partial charge >= 0.3 is 12.1 Å². The lowest BCUT2D eigenvalue weighted by Gasteiger charge is -2.07. The number of rotatable bonds is 0. The number of alkyl halides is 5. The number of aromatic amines is 1. The summed E-state index contributed by atoms with van der Waals surface area (Å²) in [5.74, 6) is -5.48. The van der Waals surface area contributed by atoms with Crippen LogP contribution in [0.4, 0.5) is 22.0 Å². The van der Waals surface area contributed by atoms with Crippen molar-refractivity contribution >= 4 is 5.78 Å². The average Bonchev–Trinajstić information content (AvgIpc) is 2.51. The van der Waals surface area contributed by atoms with E-state index >= 15 is 0 Å². The van der Waals surface area contributed by atoms with Gasteiger partial charge in [0.15, 0.2) is 0 Å². The maximum Gasteiger partial charge on any atom is 0.418 e. The zero-order valence-electron chi connectivity index (χ0n) is 7.08. The van der Waals surface area contributed by atoms with E-state index in [0.717, 1.165) is 0 Å². The molecule has 0 saturated carbocycles. The number of hydrogen-bond donors (Lipinski definition) is 1. The summed E-state index contributed by atoms with van der Waals surface area (Å²) < 4.78 is 62.4. The molecule has 0 aliphatic heterocycles. The molecule has 1 aromatic rings. The van der Waals surface area contributed by atoms with Crippen molar-refractivity contribution in [3.8, 4) is 0 Å². The molecule has 0 saturated heterocycles. The highest BCUT2D eigenvalue weighted by molar-refractivity contribution is 6.06. The van der Waals surface area contributed by atoms with Crippen LogP contribution in [-0.2, 0) is 12.6 Å². The standard InChI is InChI=1S/C8H4F5NO/c9-7(10)1-4-5(6(7)15)3(2-14-4)8(11,12)13/h2,14H,1H2. The van der Waals surface area contributed by atoms with Gasteiger partial charge in [-0.2, -0.15) is 22.0 Å². The van der Waals surface area contributed by atoms with Crippen molar-refractivity contribution in [2.45, 2.75) is 18.5 Å². The molecule has 1 heterocycles. The second-order valence-corrected chi connectivity index (χ2v) is 3.26. The van der Waals surface area contributed by atoms with Gasteiger partial charge in [0.25, 0.3) is 0 Å². The fourth-order valence-electron chi connectivity index (χ4n) is 1.57. The van der Waals surface area contributed by atoms with Gasteiger partial charge < -0.3 is 4.98 Å². The van der Waals surface area contributed by atoms with Crippen LogP contribution in [0.3, 0.4) is 0 Å². The van der Waals surface area contributed by atoms with Crippen LogP contribution < -0.4 is 0 Å². The normalized spacial score (nSPS) is 19.4. The molecule has 0 spiro atoms. The van der Waals surface area contributed by atoms with E-state index in [9.17, 15) is 26.7 Å². The lowest BCUT2D eigenvalue weighted by Crippen LogP contribution is -2.25. The molecular weight excluding hydrogens is 221 g/mol. The molecule has 0 aromatic carbocycles. The molecule has 1 N–H and O–H groups in total. The van der Waals surface area contributed by atoms with Crippen LogP contribution >= 0.6 is 0 Å². The smallest absolute Gasteiger partial charge is 0.364 e. The summed E-state index contributed by atoms with van der Waals surface area (Å²) in [6.07, 6.45) is -5.24. The molecule has 0 atom stereocenters. The van der Waals surface area contributed by atoms with E-state index in [1.165, 1.54) is 0 Å². The van der Waals surface area contributed by atoms with Crippen molar-refractivity contribution in [3.63, 3.8) is 0 Å².